The van der Waals surface area contributed by atoms with E-state index >= 15 is 0 Å². The quantitative estimate of drug-likeness (QED) is 0.469. The lowest BCUT2D eigenvalue weighted by atomic mass is 10.4. The van der Waals surface area contributed by atoms with Gasteiger partial charge in [0.1, 0.15) is 0 Å². The molecule has 3 heteroatoms. The first kappa shape index (κ1) is 12.9. The van der Waals surface area contributed by atoms with Crippen molar-refractivity contribution in [2.75, 3.05) is 6.66 Å². The first-order valence-corrected chi connectivity index (χ1v) is 6.84. The minimum absolute atomic E-state index is 0.171. The molecular weight excluding hydrogens is 215 g/mol. The Hall–Kier alpha value is -1.21. The molecule has 0 spiro atoms. The molecule has 2 aromatic carbocycles. The predicted octanol–water partition coefficient (Wildman–Crippen LogP) is 1.57. The third-order valence-electron chi connectivity index (χ3n) is 2.29. The van der Waals surface area contributed by atoms with Crippen molar-refractivity contribution >= 4 is 18.5 Å². The van der Waals surface area contributed by atoms with Gasteiger partial charge in [-0.1, -0.05) is 60.7 Å². The highest BCUT2D eigenvalue weighted by Crippen LogP contribution is 2.27. The Bertz CT molecular complexity index is 350. The highest BCUT2D eigenvalue weighted by Gasteiger charge is 2.05. The third kappa shape index (κ3) is 3.42. The van der Waals surface area contributed by atoms with Crippen LogP contribution in [0.25, 0.3) is 0 Å². The van der Waals surface area contributed by atoms with Crippen molar-refractivity contribution in [1.82, 2.24) is 0 Å². The molecule has 0 aliphatic heterocycles. The van der Waals surface area contributed by atoms with Gasteiger partial charge < -0.3 is 0 Å². The zero-order valence-corrected chi connectivity index (χ0v) is 10.3. The highest BCUT2D eigenvalue weighted by molar-refractivity contribution is 7.72. The maximum absolute atomic E-state index is 4.00. The molecule has 2 nitrogen and oxygen atoms in total. The van der Waals surface area contributed by atoms with Gasteiger partial charge in [0.15, 0.2) is 0 Å². The van der Waals surface area contributed by atoms with Crippen LogP contribution in [0.15, 0.2) is 60.7 Å². The Balaban J connectivity index is 0.000000606. The van der Waals surface area contributed by atoms with Crippen LogP contribution >= 0.6 is 7.92 Å². The molecule has 0 aromatic heterocycles. The molecule has 0 fully saturated rings. The van der Waals surface area contributed by atoms with E-state index in [2.05, 4.69) is 79.0 Å². The SMILES string of the molecule is CP(c1ccccc1)c1ccccc1.NN. The molecule has 0 aliphatic carbocycles. The van der Waals surface area contributed by atoms with Gasteiger partial charge in [-0.2, -0.15) is 0 Å². The normalized spacial score (nSPS) is 9.50. The van der Waals surface area contributed by atoms with Crippen molar-refractivity contribution in [3.05, 3.63) is 60.7 Å². The molecular formula is C13H17N2P. The smallest absolute Gasteiger partial charge is 0.0198 e. The summed E-state index contributed by atoms with van der Waals surface area (Å²) in [5, 5.41) is 2.88. The third-order valence-corrected chi connectivity index (χ3v) is 4.43. The summed E-state index contributed by atoms with van der Waals surface area (Å²) in [4.78, 5) is 0. The van der Waals surface area contributed by atoms with Crippen LogP contribution in [-0.4, -0.2) is 6.66 Å². The van der Waals surface area contributed by atoms with E-state index < -0.39 is 0 Å². The van der Waals surface area contributed by atoms with E-state index in [4.69, 9.17) is 0 Å². The molecule has 0 amide bonds. The Morgan fingerprint density at radius 3 is 1.31 bits per heavy atom. The highest BCUT2D eigenvalue weighted by atomic mass is 31.1. The fourth-order valence-electron chi connectivity index (χ4n) is 1.45. The first-order valence-electron chi connectivity index (χ1n) is 5.05. The van der Waals surface area contributed by atoms with Gasteiger partial charge in [0.2, 0.25) is 0 Å². The van der Waals surface area contributed by atoms with Gasteiger partial charge in [0, 0.05) is 0 Å². The fourth-order valence-corrected chi connectivity index (χ4v) is 2.99. The van der Waals surface area contributed by atoms with Crippen LogP contribution in [0, 0.1) is 0 Å². The number of benzene rings is 2. The van der Waals surface area contributed by atoms with E-state index in [-0.39, 0.29) is 7.92 Å². The van der Waals surface area contributed by atoms with Crippen molar-refractivity contribution in [1.29, 1.82) is 0 Å². The number of rotatable bonds is 2. The lowest BCUT2D eigenvalue weighted by molar-refractivity contribution is 1.26. The van der Waals surface area contributed by atoms with Gasteiger partial charge >= 0.3 is 0 Å². The molecule has 0 bridgehead atoms. The predicted molar refractivity (Wildman–Crippen MR) is 73.4 cm³/mol. The van der Waals surface area contributed by atoms with Crippen molar-refractivity contribution in [2.24, 2.45) is 11.7 Å². The summed E-state index contributed by atoms with van der Waals surface area (Å²) in [5.74, 6) is 8.00. The number of hydrogen-bond acceptors (Lipinski definition) is 2. The minimum atomic E-state index is -0.171. The summed E-state index contributed by atoms with van der Waals surface area (Å²) in [7, 11) is -0.171. The van der Waals surface area contributed by atoms with Gasteiger partial charge in [0.25, 0.3) is 0 Å². The van der Waals surface area contributed by atoms with Crippen LogP contribution in [-0.2, 0) is 0 Å². The second-order valence-corrected chi connectivity index (χ2v) is 5.38. The summed E-state index contributed by atoms with van der Waals surface area (Å²) in [6.07, 6.45) is 0. The van der Waals surface area contributed by atoms with Crippen molar-refractivity contribution in [3.63, 3.8) is 0 Å². The Morgan fingerprint density at radius 2 is 1.00 bits per heavy atom. The first-order chi connectivity index (χ1) is 7.88. The zero-order valence-electron chi connectivity index (χ0n) is 9.38. The monoisotopic (exact) mass is 232 g/mol. The van der Waals surface area contributed by atoms with E-state index in [1.54, 1.807) is 0 Å². The average Bonchev–Trinajstić information content (AvgIpc) is 2.42. The summed E-state index contributed by atoms with van der Waals surface area (Å²) >= 11 is 0. The molecule has 0 aliphatic rings. The van der Waals surface area contributed by atoms with Gasteiger partial charge in [-0.3, -0.25) is 11.7 Å². The fraction of sp³-hybridized carbons (Fsp3) is 0.0769. The van der Waals surface area contributed by atoms with E-state index in [1.165, 1.54) is 10.6 Å². The second-order valence-electron chi connectivity index (χ2n) is 3.23. The number of nitrogens with two attached hydrogens (primary N) is 2. The minimum Gasteiger partial charge on any atom is -0.274 e. The van der Waals surface area contributed by atoms with Gasteiger partial charge in [-0.25, -0.2) is 0 Å². The molecule has 0 atom stereocenters. The zero-order chi connectivity index (χ0) is 11.8. The maximum atomic E-state index is 4.00. The van der Waals surface area contributed by atoms with Crippen LogP contribution in [0.3, 0.4) is 0 Å². The van der Waals surface area contributed by atoms with Crippen LogP contribution < -0.4 is 22.3 Å². The lowest BCUT2D eigenvalue weighted by Gasteiger charge is -2.12. The van der Waals surface area contributed by atoms with Crippen LogP contribution in [0.2, 0.25) is 0 Å². The van der Waals surface area contributed by atoms with Crippen molar-refractivity contribution in [2.45, 2.75) is 0 Å². The molecule has 2 aromatic rings. The standard InChI is InChI=1S/C13H13P.H4N2/c1-14(12-8-4-2-5-9-12)13-10-6-3-7-11-13;1-2/h2-11H,1H3;1-2H2. The van der Waals surface area contributed by atoms with Crippen LogP contribution in [0.5, 0.6) is 0 Å². The van der Waals surface area contributed by atoms with Crippen molar-refractivity contribution in [3.8, 4) is 0 Å². The second kappa shape index (κ2) is 7.13. The van der Waals surface area contributed by atoms with Crippen LogP contribution in [0.1, 0.15) is 0 Å². The molecule has 0 unspecified atom stereocenters. The Kier molecular flexibility index (Phi) is 5.73. The topological polar surface area (TPSA) is 52.0 Å². The Morgan fingerprint density at radius 1 is 0.688 bits per heavy atom. The van der Waals surface area contributed by atoms with Gasteiger partial charge in [-0.15, -0.1) is 0 Å². The maximum Gasteiger partial charge on any atom is -0.0198 e. The summed E-state index contributed by atoms with van der Waals surface area (Å²) in [6, 6.07) is 21.4. The van der Waals surface area contributed by atoms with E-state index in [0.717, 1.165) is 0 Å². The van der Waals surface area contributed by atoms with Gasteiger partial charge in [0.05, 0.1) is 0 Å². The summed E-state index contributed by atoms with van der Waals surface area (Å²) < 4.78 is 0. The molecule has 0 saturated carbocycles. The molecule has 4 N–H and O–H groups in total. The number of hydrogen-bond donors (Lipinski definition) is 2. The largest absolute Gasteiger partial charge is 0.274 e. The molecule has 0 saturated heterocycles. The van der Waals surface area contributed by atoms with E-state index in [0.29, 0.717) is 0 Å². The molecule has 2 rings (SSSR count). The molecule has 16 heavy (non-hydrogen) atoms. The van der Waals surface area contributed by atoms with E-state index in [1.807, 2.05) is 0 Å². The number of hydrazine groups is 1. The van der Waals surface area contributed by atoms with E-state index in [9.17, 15) is 0 Å². The van der Waals surface area contributed by atoms with Crippen molar-refractivity contribution < 1.29 is 0 Å². The summed E-state index contributed by atoms with van der Waals surface area (Å²) in [6.45, 7) is 2.31. The summed E-state index contributed by atoms with van der Waals surface area (Å²) in [5.41, 5.74) is 0. The molecule has 0 radical (unpaired) electrons. The van der Waals surface area contributed by atoms with Gasteiger partial charge in [-0.05, 0) is 25.2 Å². The average molecular weight is 232 g/mol. The lowest BCUT2D eigenvalue weighted by Crippen LogP contribution is -2.09. The Labute approximate surface area is 98.0 Å². The molecule has 84 valence electrons. The molecule has 0 heterocycles. The van der Waals surface area contributed by atoms with Crippen LogP contribution in [0.4, 0.5) is 0 Å².